The first kappa shape index (κ1) is 13.4. The van der Waals surface area contributed by atoms with Crippen molar-refractivity contribution in [2.24, 2.45) is 0 Å². The zero-order valence-electron chi connectivity index (χ0n) is 11.2. The number of aromatic nitrogens is 2. The smallest absolute Gasteiger partial charge is 0.145 e. The lowest BCUT2D eigenvalue weighted by Gasteiger charge is -2.31. The first-order valence-corrected chi connectivity index (χ1v) is 6.90. The molecule has 0 aliphatic carbocycles. The van der Waals surface area contributed by atoms with Gasteiger partial charge in [-0.25, -0.2) is 0 Å². The Balaban J connectivity index is 1.68. The van der Waals surface area contributed by atoms with Crippen LogP contribution >= 0.6 is 0 Å². The molecule has 102 valence electrons. The lowest BCUT2D eigenvalue weighted by atomic mass is 10.1. The van der Waals surface area contributed by atoms with E-state index in [9.17, 15) is 0 Å². The van der Waals surface area contributed by atoms with Crippen LogP contribution in [0.25, 0.3) is 0 Å². The van der Waals surface area contributed by atoms with Crippen molar-refractivity contribution in [1.29, 1.82) is 0 Å². The maximum Gasteiger partial charge on any atom is 0.145 e. The molecule has 1 aromatic heterocycles. The number of nitrogens with zero attached hydrogens (tertiary/aromatic N) is 3. The van der Waals surface area contributed by atoms with Gasteiger partial charge in [-0.3, -0.25) is 4.68 Å². The zero-order chi connectivity index (χ0) is 12.8. The van der Waals surface area contributed by atoms with Crippen molar-refractivity contribution in [3.05, 3.63) is 12.3 Å². The third-order valence-corrected chi connectivity index (χ3v) is 3.53. The molecule has 0 aromatic carbocycles. The van der Waals surface area contributed by atoms with Crippen LogP contribution in [0.5, 0.6) is 0 Å². The third-order valence-electron chi connectivity index (χ3n) is 3.53. The summed E-state index contributed by atoms with van der Waals surface area (Å²) in [7, 11) is 0. The summed E-state index contributed by atoms with van der Waals surface area (Å²) < 4.78 is 7.38. The van der Waals surface area contributed by atoms with Crippen molar-refractivity contribution in [3.63, 3.8) is 0 Å². The summed E-state index contributed by atoms with van der Waals surface area (Å²) in [5, 5.41) is 4.30. The fourth-order valence-corrected chi connectivity index (χ4v) is 2.50. The number of nitrogens with two attached hydrogens (primary N) is 1. The molecule has 1 aromatic rings. The average Bonchev–Trinajstić information content (AvgIpc) is 2.82. The van der Waals surface area contributed by atoms with Crippen LogP contribution in [-0.4, -0.2) is 47.5 Å². The molecule has 1 fully saturated rings. The third kappa shape index (κ3) is 3.71. The van der Waals surface area contributed by atoms with Gasteiger partial charge in [0, 0.05) is 39.0 Å². The summed E-state index contributed by atoms with van der Waals surface area (Å²) in [5.41, 5.74) is 5.65. The van der Waals surface area contributed by atoms with E-state index in [0.29, 0.717) is 11.9 Å². The van der Waals surface area contributed by atoms with Crippen molar-refractivity contribution < 1.29 is 4.74 Å². The Bertz CT molecular complexity index is 345. The Morgan fingerprint density at radius 2 is 2.22 bits per heavy atom. The van der Waals surface area contributed by atoms with Crippen LogP contribution in [0.2, 0.25) is 0 Å². The lowest BCUT2D eigenvalue weighted by Crippen LogP contribution is -2.35. The second kappa shape index (κ2) is 6.75. The summed E-state index contributed by atoms with van der Waals surface area (Å²) in [6.07, 6.45) is 5.45. The number of nitrogen functional groups attached to an aromatic ring is 1. The van der Waals surface area contributed by atoms with Crippen LogP contribution in [0, 0.1) is 0 Å². The highest BCUT2D eigenvalue weighted by Gasteiger charge is 2.20. The van der Waals surface area contributed by atoms with E-state index >= 15 is 0 Å². The molecule has 5 heteroatoms. The van der Waals surface area contributed by atoms with Gasteiger partial charge in [0.25, 0.3) is 0 Å². The predicted octanol–water partition coefficient (Wildman–Crippen LogP) is 1.53. The minimum Gasteiger partial charge on any atom is -0.382 e. The standard InChI is InChI=1S/C13H24N4O/c1-2-18-11-3-7-16-8-4-12(5-9-16)17-10-6-13(14)15-17/h6,10,12H,2-5,7-9,11H2,1H3,(H2,14,15). The molecule has 0 spiro atoms. The Morgan fingerprint density at radius 3 is 2.83 bits per heavy atom. The molecule has 2 rings (SSSR count). The first-order valence-electron chi connectivity index (χ1n) is 6.90. The molecule has 1 aliphatic heterocycles. The number of anilines is 1. The van der Waals surface area contributed by atoms with Crippen LogP contribution in [0.1, 0.15) is 32.2 Å². The largest absolute Gasteiger partial charge is 0.382 e. The maximum absolute atomic E-state index is 5.65. The minimum atomic E-state index is 0.519. The number of ether oxygens (including phenoxy) is 1. The van der Waals surface area contributed by atoms with E-state index in [0.717, 1.165) is 52.1 Å². The molecule has 0 saturated carbocycles. The van der Waals surface area contributed by atoms with Gasteiger partial charge in [0.05, 0.1) is 6.04 Å². The van der Waals surface area contributed by atoms with Crippen molar-refractivity contribution in [2.75, 3.05) is 38.6 Å². The van der Waals surface area contributed by atoms with Crippen LogP contribution in [-0.2, 0) is 4.74 Å². The number of hydrogen-bond acceptors (Lipinski definition) is 4. The topological polar surface area (TPSA) is 56.3 Å². The second-order valence-electron chi connectivity index (χ2n) is 4.84. The molecule has 2 N–H and O–H groups in total. The minimum absolute atomic E-state index is 0.519. The highest BCUT2D eigenvalue weighted by molar-refractivity contribution is 5.24. The summed E-state index contributed by atoms with van der Waals surface area (Å²) in [6, 6.07) is 2.39. The zero-order valence-corrected chi connectivity index (χ0v) is 11.2. The van der Waals surface area contributed by atoms with Crippen LogP contribution < -0.4 is 5.73 Å². The van der Waals surface area contributed by atoms with E-state index < -0.39 is 0 Å². The average molecular weight is 252 g/mol. The Kier molecular flexibility index (Phi) is 5.01. The number of hydrogen-bond donors (Lipinski definition) is 1. The Labute approximate surface area is 109 Å². The van der Waals surface area contributed by atoms with Crippen LogP contribution in [0.4, 0.5) is 5.82 Å². The molecular weight excluding hydrogens is 228 g/mol. The number of piperidine rings is 1. The van der Waals surface area contributed by atoms with Gasteiger partial charge in [-0.2, -0.15) is 5.10 Å². The highest BCUT2D eigenvalue weighted by atomic mass is 16.5. The molecule has 1 aliphatic rings. The van der Waals surface area contributed by atoms with Gasteiger partial charge in [0.1, 0.15) is 5.82 Å². The van der Waals surface area contributed by atoms with Crippen molar-refractivity contribution in [3.8, 4) is 0 Å². The number of rotatable bonds is 6. The molecule has 2 heterocycles. The van der Waals surface area contributed by atoms with Crippen molar-refractivity contribution in [2.45, 2.75) is 32.2 Å². The van der Waals surface area contributed by atoms with Crippen molar-refractivity contribution in [1.82, 2.24) is 14.7 Å². The second-order valence-corrected chi connectivity index (χ2v) is 4.84. The summed E-state index contributed by atoms with van der Waals surface area (Å²) in [5.74, 6) is 0.620. The lowest BCUT2D eigenvalue weighted by molar-refractivity contribution is 0.120. The van der Waals surface area contributed by atoms with E-state index in [-0.39, 0.29) is 0 Å². The Hall–Kier alpha value is -1.07. The molecular formula is C13H24N4O. The van der Waals surface area contributed by atoms with Crippen molar-refractivity contribution >= 4 is 5.82 Å². The van der Waals surface area contributed by atoms with Crippen LogP contribution in [0.15, 0.2) is 12.3 Å². The molecule has 0 atom stereocenters. The fourth-order valence-electron chi connectivity index (χ4n) is 2.50. The van der Waals surface area contributed by atoms with Gasteiger partial charge in [0.15, 0.2) is 0 Å². The van der Waals surface area contributed by atoms with E-state index in [2.05, 4.69) is 10.00 Å². The van der Waals surface area contributed by atoms with E-state index in [4.69, 9.17) is 10.5 Å². The molecule has 0 radical (unpaired) electrons. The van der Waals surface area contributed by atoms with Gasteiger partial charge in [-0.15, -0.1) is 0 Å². The van der Waals surface area contributed by atoms with Gasteiger partial charge in [-0.05, 0) is 32.3 Å². The monoisotopic (exact) mass is 252 g/mol. The maximum atomic E-state index is 5.65. The quantitative estimate of drug-likeness (QED) is 0.780. The summed E-state index contributed by atoms with van der Waals surface area (Å²) in [4.78, 5) is 2.52. The van der Waals surface area contributed by atoms with E-state index in [1.165, 1.54) is 0 Å². The van der Waals surface area contributed by atoms with Gasteiger partial charge in [-0.1, -0.05) is 0 Å². The summed E-state index contributed by atoms with van der Waals surface area (Å²) in [6.45, 7) is 7.19. The van der Waals surface area contributed by atoms with E-state index in [1.54, 1.807) is 0 Å². The Morgan fingerprint density at radius 1 is 1.44 bits per heavy atom. The number of likely N-dealkylation sites (tertiary alicyclic amines) is 1. The molecule has 18 heavy (non-hydrogen) atoms. The SMILES string of the molecule is CCOCCCN1CCC(n2ccc(N)n2)CC1. The molecule has 0 bridgehead atoms. The van der Waals surface area contributed by atoms with Gasteiger partial charge < -0.3 is 15.4 Å². The van der Waals surface area contributed by atoms with E-state index in [1.807, 2.05) is 23.9 Å². The van der Waals surface area contributed by atoms with Gasteiger partial charge in [0.2, 0.25) is 0 Å². The molecule has 0 unspecified atom stereocenters. The predicted molar refractivity (Wildman–Crippen MR) is 72.5 cm³/mol. The molecule has 0 amide bonds. The first-order chi connectivity index (χ1) is 8.79. The normalized spacial score (nSPS) is 18.3. The highest BCUT2D eigenvalue weighted by Crippen LogP contribution is 2.22. The molecule has 1 saturated heterocycles. The molecule has 5 nitrogen and oxygen atoms in total. The van der Waals surface area contributed by atoms with Crippen LogP contribution in [0.3, 0.4) is 0 Å². The van der Waals surface area contributed by atoms with Gasteiger partial charge >= 0.3 is 0 Å². The fraction of sp³-hybridized carbons (Fsp3) is 0.769. The summed E-state index contributed by atoms with van der Waals surface area (Å²) >= 11 is 0.